The van der Waals surface area contributed by atoms with Gasteiger partial charge in [0.1, 0.15) is 0 Å². The summed E-state index contributed by atoms with van der Waals surface area (Å²) in [6, 6.07) is 11.1. The van der Waals surface area contributed by atoms with Gasteiger partial charge in [0, 0.05) is 43.3 Å². The zero-order chi connectivity index (χ0) is 17.2. The fourth-order valence-electron chi connectivity index (χ4n) is 4.78. The Bertz CT molecular complexity index is 585. The lowest BCUT2D eigenvalue weighted by Crippen LogP contribution is -2.61. The molecule has 1 aromatic rings. The van der Waals surface area contributed by atoms with E-state index in [1.807, 2.05) is 35.2 Å². The molecule has 0 bridgehead atoms. The summed E-state index contributed by atoms with van der Waals surface area (Å²) in [4.78, 5) is 19.8. The van der Waals surface area contributed by atoms with Crippen molar-refractivity contribution in [3.8, 4) is 0 Å². The quantitative estimate of drug-likeness (QED) is 0.914. The van der Waals surface area contributed by atoms with Crippen molar-refractivity contribution in [1.29, 1.82) is 0 Å². The highest BCUT2D eigenvalue weighted by Crippen LogP contribution is 2.36. The van der Waals surface area contributed by atoms with E-state index in [0.717, 1.165) is 24.8 Å². The second kappa shape index (κ2) is 7.34. The van der Waals surface area contributed by atoms with E-state index in [2.05, 4.69) is 22.0 Å². The van der Waals surface area contributed by atoms with Crippen LogP contribution < -0.4 is 5.32 Å². The minimum atomic E-state index is 0.0540. The first-order chi connectivity index (χ1) is 12.2. The van der Waals surface area contributed by atoms with Crippen molar-refractivity contribution in [2.75, 3.05) is 44.6 Å². The Morgan fingerprint density at radius 2 is 1.88 bits per heavy atom. The monoisotopic (exact) mass is 342 g/mol. The van der Waals surface area contributed by atoms with Crippen LogP contribution in [0, 0.1) is 5.92 Å². The zero-order valence-electron chi connectivity index (χ0n) is 15.2. The fourth-order valence-corrected chi connectivity index (χ4v) is 4.78. The summed E-state index contributed by atoms with van der Waals surface area (Å²) >= 11 is 0. The van der Waals surface area contributed by atoms with Crippen molar-refractivity contribution in [3.05, 3.63) is 30.3 Å². The van der Waals surface area contributed by atoms with Crippen molar-refractivity contribution < 1.29 is 4.79 Å². The minimum Gasteiger partial charge on any atom is -0.323 e. The Labute approximate surface area is 151 Å². The van der Waals surface area contributed by atoms with E-state index in [1.165, 1.54) is 45.4 Å². The van der Waals surface area contributed by atoms with Gasteiger partial charge in [0.15, 0.2) is 0 Å². The van der Waals surface area contributed by atoms with Gasteiger partial charge in [-0.2, -0.15) is 0 Å². The van der Waals surface area contributed by atoms with Gasteiger partial charge in [0.2, 0.25) is 0 Å². The molecule has 136 valence electrons. The second-order valence-electron chi connectivity index (χ2n) is 7.80. The number of rotatable bonds is 4. The number of fused-ring (bicyclic) bond motifs is 1. The maximum Gasteiger partial charge on any atom is 0.321 e. The van der Waals surface area contributed by atoms with Crippen LogP contribution in [0.5, 0.6) is 0 Å². The van der Waals surface area contributed by atoms with Gasteiger partial charge in [-0.15, -0.1) is 0 Å². The van der Waals surface area contributed by atoms with Gasteiger partial charge >= 0.3 is 6.03 Å². The van der Waals surface area contributed by atoms with Crippen LogP contribution in [0.3, 0.4) is 0 Å². The van der Waals surface area contributed by atoms with Crippen molar-refractivity contribution in [1.82, 2.24) is 14.7 Å². The first-order valence-corrected chi connectivity index (χ1v) is 9.83. The van der Waals surface area contributed by atoms with E-state index in [0.29, 0.717) is 12.0 Å². The van der Waals surface area contributed by atoms with Gasteiger partial charge < -0.3 is 15.1 Å². The summed E-state index contributed by atoms with van der Waals surface area (Å²) in [5, 5.41) is 3.03. The van der Waals surface area contributed by atoms with Crippen molar-refractivity contribution in [2.45, 2.75) is 38.3 Å². The van der Waals surface area contributed by atoms with Crippen LogP contribution in [-0.2, 0) is 0 Å². The molecule has 3 fully saturated rings. The molecule has 0 radical (unpaired) electrons. The van der Waals surface area contributed by atoms with Crippen LogP contribution in [0.1, 0.15) is 26.2 Å². The molecule has 0 saturated carbocycles. The highest BCUT2D eigenvalue weighted by molar-refractivity contribution is 5.89. The van der Waals surface area contributed by atoms with Crippen molar-refractivity contribution in [2.24, 2.45) is 5.92 Å². The van der Waals surface area contributed by atoms with Gasteiger partial charge in [-0.05, 0) is 51.0 Å². The Morgan fingerprint density at radius 3 is 2.60 bits per heavy atom. The summed E-state index contributed by atoms with van der Waals surface area (Å²) in [5.41, 5.74) is 0.881. The molecule has 3 aliphatic rings. The largest absolute Gasteiger partial charge is 0.323 e. The number of nitrogens with one attached hydrogen (secondary N) is 1. The summed E-state index contributed by atoms with van der Waals surface area (Å²) in [7, 11) is 0. The van der Waals surface area contributed by atoms with Crippen molar-refractivity contribution >= 4 is 11.7 Å². The van der Waals surface area contributed by atoms with E-state index >= 15 is 0 Å². The predicted molar refractivity (Wildman–Crippen MR) is 101 cm³/mol. The summed E-state index contributed by atoms with van der Waals surface area (Å²) in [6.45, 7) is 8.96. The van der Waals surface area contributed by atoms with Gasteiger partial charge in [-0.1, -0.05) is 25.1 Å². The Hall–Kier alpha value is -1.59. The molecule has 0 spiro atoms. The molecular weight excluding hydrogens is 312 g/mol. The fraction of sp³-hybridized carbons (Fsp3) is 0.650. The average molecular weight is 342 g/mol. The number of nitrogens with zero attached hydrogens (tertiary/aromatic N) is 3. The number of hydrogen-bond acceptors (Lipinski definition) is 3. The molecule has 0 unspecified atom stereocenters. The summed E-state index contributed by atoms with van der Waals surface area (Å²) in [6.07, 6.45) is 3.84. The number of anilines is 1. The number of para-hydroxylation sites is 1. The topological polar surface area (TPSA) is 38.8 Å². The van der Waals surface area contributed by atoms with E-state index < -0.39 is 0 Å². The maximum atomic E-state index is 12.5. The van der Waals surface area contributed by atoms with Crippen LogP contribution in [0.4, 0.5) is 10.5 Å². The Balaban J connectivity index is 1.27. The SMILES string of the molecule is CCCN1CCC(N2C[C@@H]3CN(C(=O)Nc4ccccc4)C[C@H]32)CC1. The molecule has 5 nitrogen and oxygen atoms in total. The molecule has 1 aromatic carbocycles. The van der Waals surface area contributed by atoms with Crippen LogP contribution in [-0.4, -0.2) is 72.1 Å². The second-order valence-corrected chi connectivity index (χ2v) is 7.80. The van der Waals surface area contributed by atoms with Crippen LogP contribution in [0.25, 0.3) is 0 Å². The molecule has 25 heavy (non-hydrogen) atoms. The van der Waals surface area contributed by atoms with Gasteiger partial charge in [0.05, 0.1) is 0 Å². The number of carbonyl (C=O) groups is 1. The first kappa shape index (κ1) is 16.9. The molecular formula is C20H30N4O. The number of urea groups is 1. The number of hydrogen-bond donors (Lipinski definition) is 1. The highest BCUT2D eigenvalue weighted by atomic mass is 16.2. The molecule has 0 aromatic heterocycles. The molecule has 5 heteroatoms. The lowest BCUT2D eigenvalue weighted by Gasteiger charge is -2.50. The first-order valence-electron chi connectivity index (χ1n) is 9.83. The molecule has 1 N–H and O–H groups in total. The van der Waals surface area contributed by atoms with Gasteiger partial charge in [0.25, 0.3) is 0 Å². The van der Waals surface area contributed by atoms with Crippen molar-refractivity contribution in [3.63, 3.8) is 0 Å². The smallest absolute Gasteiger partial charge is 0.321 e. The highest BCUT2D eigenvalue weighted by Gasteiger charge is 2.49. The lowest BCUT2D eigenvalue weighted by molar-refractivity contribution is -0.0168. The van der Waals surface area contributed by atoms with Gasteiger partial charge in [-0.25, -0.2) is 4.79 Å². The molecule has 2 atom stereocenters. The number of benzene rings is 1. The van der Waals surface area contributed by atoms with Crippen LogP contribution >= 0.6 is 0 Å². The molecule has 3 saturated heterocycles. The summed E-state index contributed by atoms with van der Waals surface area (Å²) in [5.74, 6) is 0.676. The Morgan fingerprint density at radius 1 is 1.12 bits per heavy atom. The maximum absolute atomic E-state index is 12.5. The normalized spacial score (nSPS) is 27.8. The Kier molecular flexibility index (Phi) is 4.95. The number of piperidine rings is 1. The average Bonchev–Trinajstić information content (AvgIpc) is 2.95. The molecule has 0 aliphatic carbocycles. The predicted octanol–water partition coefficient (Wildman–Crippen LogP) is 2.71. The standard InChI is InChI=1S/C20H30N4O/c1-2-10-22-11-8-18(9-12-22)24-14-16-13-23(15-19(16)24)20(25)21-17-6-4-3-5-7-17/h3-7,16,18-19H,2,8-15H2,1H3,(H,21,25)/t16-,19+/m0/s1. The van der Waals surface area contributed by atoms with E-state index in [4.69, 9.17) is 0 Å². The third-order valence-electron chi connectivity index (χ3n) is 6.16. The molecule has 2 amide bonds. The van der Waals surface area contributed by atoms with E-state index in [9.17, 15) is 4.79 Å². The third kappa shape index (κ3) is 3.53. The van der Waals surface area contributed by atoms with E-state index in [1.54, 1.807) is 0 Å². The molecule has 4 rings (SSSR count). The van der Waals surface area contributed by atoms with Gasteiger partial charge in [-0.3, -0.25) is 4.90 Å². The number of carbonyl (C=O) groups excluding carboxylic acids is 1. The third-order valence-corrected chi connectivity index (χ3v) is 6.16. The van der Waals surface area contributed by atoms with Crippen LogP contribution in [0.2, 0.25) is 0 Å². The molecule has 3 heterocycles. The molecule has 3 aliphatic heterocycles. The van der Waals surface area contributed by atoms with Crippen LogP contribution in [0.15, 0.2) is 30.3 Å². The minimum absolute atomic E-state index is 0.0540. The van der Waals surface area contributed by atoms with E-state index in [-0.39, 0.29) is 6.03 Å². The lowest BCUT2D eigenvalue weighted by atomic mass is 9.87. The number of likely N-dealkylation sites (tertiary alicyclic amines) is 3. The number of amides is 2. The summed E-state index contributed by atoms with van der Waals surface area (Å²) < 4.78 is 0. The zero-order valence-corrected chi connectivity index (χ0v) is 15.2.